The Morgan fingerprint density at radius 1 is 0.429 bits per heavy atom. The van der Waals surface area contributed by atoms with Crippen LogP contribution in [0.1, 0.15) is 0 Å². The van der Waals surface area contributed by atoms with Crippen LogP contribution in [-0.2, 0) is 0 Å². The summed E-state index contributed by atoms with van der Waals surface area (Å²) in [6, 6.07) is -14.8. The second-order valence-electron chi connectivity index (χ2n) is 5.53. The Morgan fingerprint density at radius 2 is 0.714 bits per heavy atom. The van der Waals surface area contributed by atoms with Crippen molar-refractivity contribution in [1.29, 1.82) is 0 Å². The molecule has 0 amide bonds. The molecule has 0 unspecified atom stereocenters. The van der Waals surface area contributed by atoms with E-state index >= 15 is 0 Å². The lowest BCUT2D eigenvalue weighted by Gasteiger charge is -2.45. The first-order chi connectivity index (χ1) is 11.9. The Balaban J connectivity index is 3.01. The molecule has 2 aliphatic rings. The van der Waals surface area contributed by atoms with Gasteiger partial charge in [-0.3, -0.25) is 0 Å². The van der Waals surface area contributed by atoms with Gasteiger partial charge in [-0.15, -0.1) is 0 Å². The molecule has 0 aromatic carbocycles. The van der Waals surface area contributed by atoms with Gasteiger partial charge in [0.1, 0.15) is 5.70 Å². The van der Waals surface area contributed by atoms with Crippen LogP contribution in [0.15, 0.2) is 11.5 Å². The molecule has 0 N–H and O–H groups in total. The predicted molar refractivity (Wildman–Crippen MR) is 49.5 cm³/mol. The van der Waals surface area contributed by atoms with Crippen molar-refractivity contribution in [3.05, 3.63) is 11.5 Å². The molecule has 1 nitrogen and oxygen atoms in total. The first-order valence-electron chi connectivity index (χ1n) is 6.13. The fourth-order valence-corrected chi connectivity index (χ4v) is 2.32. The lowest BCUT2D eigenvalue weighted by atomic mass is 9.87. The molecule has 1 fully saturated rings. The van der Waals surface area contributed by atoms with E-state index in [1.165, 1.54) is 0 Å². The van der Waals surface area contributed by atoms with Crippen molar-refractivity contribution in [2.24, 2.45) is 0 Å². The minimum absolute atomic E-state index is 3.72. The highest BCUT2D eigenvalue weighted by atomic mass is 19.4. The van der Waals surface area contributed by atoms with Crippen molar-refractivity contribution in [3.8, 4) is 0 Å². The van der Waals surface area contributed by atoms with Crippen molar-refractivity contribution in [3.63, 3.8) is 0 Å². The number of nitrogens with zero attached hydrogens (tertiary/aromatic N) is 1. The van der Waals surface area contributed by atoms with Gasteiger partial charge >= 0.3 is 47.6 Å². The highest BCUT2D eigenvalue weighted by molar-refractivity contribution is 5.38. The molecule has 164 valence electrons. The molecule has 28 heavy (non-hydrogen) atoms. The molecule has 0 saturated carbocycles. The van der Waals surface area contributed by atoms with Crippen molar-refractivity contribution < 1.29 is 74.6 Å². The zero-order chi connectivity index (χ0) is 22.7. The normalized spacial score (nSPS) is 33.1. The fraction of sp³-hybridized carbons (Fsp3) is 0.800. The maximum Gasteiger partial charge on any atom is 0.400 e. The number of halogens is 17. The molecular formula is C10F17N. The Labute approximate surface area is 140 Å². The summed E-state index contributed by atoms with van der Waals surface area (Å²) in [5.74, 6) is -49.6. The van der Waals surface area contributed by atoms with E-state index in [9.17, 15) is 74.6 Å². The van der Waals surface area contributed by atoms with E-state index < -0.39 is 64.1 Å². The average molecular weight is 457 g/mol. The number of hydrogen-bond donors (Lipinski definition) is 0. The van der Waals surface area contributed by atoms with Gasteiger partial charge < -0.3 is 0 Å². The maximum absolute atomic E-state index is 13.5. The van der Waals surface area contributed by atoms with Crippen LogP contribution in [0.2, 0.25) is 0 Å². The van der Waals surface area contributed by atoms with E-state index in [1.807, 2.05) is 0 Å². The Hall–Kier alpha value is -1.65. The molecule has 1 aliphatic heterocycles. The second-order valence-corrected chi connectivity index (χ2v) is 5.53. The van der Waals surface area contributed by atoms with Gasteiger partial charge in [-0.2, -0.15) is 70.2 Å². The lowest BCUT2D eigenvalue weighted by molar-refractivity contribution is -0.377. The van der Waals surface area contributed by atoms with E-state index in [-0.39, 0.29) is 0 Å². The zero-order valence-electron chi connectivity index (χ0n) is 11.9. The molecule has 0 aromatic heterocycles. The van der Waals surface area contributed by atoms with Crippen LogP contribution in [0.4, 0.5) is 74.6 Å². The third kappa shape index (κ3) is 1.87. The largest absolute Gasteiger partial charge is 0.400 e. The first kappa shape index (κ1) is 22.6. The van der Waals surface area contributed by atoms with Crippen molar-refractivity contribution in [1.82, 2.24) is 4.90 Å². The minimum atomic E-state index is -7.66. The highest BCUT2D eigenvalue weighted by Gasteiger charge is 2.97. The first-order valence-corrected chi connectivity index (χ1v) is 6.13. The van der Waals surface area contributed by atoms with Crippen LogP contribution in [0.25, 0.3) is 0 Å². The van der Waals surface area contributed by atoms with Gasteiger partial charge in [0.15, 0.2) is 0 Å². The summed E-state index contributed by atoms with van der Waals surface area (Å²) >= 11 is 0. The summed E-state index contributed by atoms with van der Waals surface area (Å²) in [6.45, 7) is 0. The van der Waals surface area contributed by atoms with Crippen molar-refractivity contribution in [2.45, 2.75) is 47.6 Å². The molecule has 0 aromatic rings. The monoisotopic (exact) mass is 457 g/mol. The molecule has 2 rings (SSSR count). The summed E-state index contributed by atoms with van der Waals surface area (Å²) in [4.78, 5) is -3.72. The van der Waals surface area contributed by atoms with Crippen LogP contribution in [-0.4, -0.2) is 52.5 Å². The summed E-state index contributed by atoms with van der Waals surface area (Å²) in [7, 11) is 0. The SMILES string of the molecule is FC1=C(N2C(F)(F)C(F)(F)C(F)(F)C2(F)F)C(F)(F)C(F)(F)C(F)(F)C1(F)F. The lowest BCUT2D eigenvalue weighted by Crippen LogP contribution is -2.70. The Bertz CT molecular complexity index is 704. The van der Waals surface area contributed by atoms with Gasteiger partial charge in [0.2, 0.25) is 5.83 Å². The number of allylic oxidation sites excluding steroid dienone is 2. The maximum atomic E-state index is 13.5. The fourth-order valence-electron chi connectivity index (χ4n) is 2.32. The summed E-state index contributed by atoms with van der Waals surface area (Å²) < 4.78 is 224. The number of hydrogen-bond acceptors (Lipinski definition) is 1. The Morgan fingerprint density at radius 3 is 1.04 bits per heavy atom. The quantitative estimate of drug-likeness (QED) is 0.372. The third-order valence-corrected chi connectivity index (χ3v) is 3.90. The van der Waals surface area contributed by atoms with Gasteiger partial charge in [0.25, 0.3) is 0 Å². The van der Waals surface area contributed by atoms with Gasteiger partial charge in [-0.25, -0.2) is 9.29 Å². The van der Waals surface area contributed by atoms with Crippen LogP contribution < -0.4 is 0 Å². The standard InChI is InChI=1S/C10F17N/c11-1-2(4(14,15)6(18,19)5(16,17)3(1,12)13)28-9(24,25)7(20,21)8(22,23)10(28,26)27. The number of likely N-dealkylation sites (tertiary alicyclic amines) is 1. The average Bonchev–Trinajstić information content (AvgIpc) is 2.54. The van der Waals surface area contributed by atoms with Crippen LogP contribution in [0.5, 0.6) is 0 Å². The molecule has 0 radical (unpaired) electrons. The third-order valence-electron chi connectivity index (χ3n) is 3.90. The van der Waals surface area contributed by atoms with Crippen molar-refractivity contribution >= 4 is 0 Å². The van der Waals surface area contributed by atoms with E-state index in [4.69, 9.17) is 0 Å². The van der Waals surface area contributed by atoms with Crippen LogP contribution in [0.3, 0.4) is 0 Å². The van der Waals surface area contributed by atoms with E-state index in [1.54, 1.807) is 0 Å². The van der Waals surface area contributed by atoms with Gasteiger partial charge in [-0.05, 0) is 0 Å². The van der Waals surface area contributed by atoms with E-state index in [0.29, 0.717) is 0 Å². The van der Waals surface area contributed by atoms with Crippen molar-refractivity contribution in [2.75, 3.05) is 0 Å². The molecular weight excluding hydrogens is 457 g/mol. The summed E-state index contributed by atoms with van der Waals surface area (Å²) in [6.07, 6.45) is 0. The predicted octanol–water partition coefficient (Wildman–Crippen LogP) is 5.49. The minimum Gasteiger partial charge on any atom is -0.237 e. The smallest absolute Gasteiger partial charge is 0.237 e. The summed E-state index contributed by atoms with van der Waals surface area (Å²) in [5.41, 5.74) is -4.85. The molecule has 1 aliphatic carbocycles. The molecule has 1 saturated heterocycles. The Kier molecular flexibility index (Phi) is 3.97. The second kappa shape index (κ2) is 4.91. The summed E-state index contributed by atoms with van der Waals surface area (Å²) in [5, 5.41) is 0. The molecule has 1 heterocycles. The highest BCUT2D eigenvalue weighted by Crippen LogP contribution is 2.69. The molecule has 0 spiro atoms. The van der Waals surface area contributed by atoms with E-state index in [2.05, 4.69) is 0 Å². The molecule has 0 bridgehead atoms. The molecule has 18 heteroatoms. The zero-order valence-corrected chi connectivity index (χ0v) is 11.9. The van der Waals surface area contributed by atoms with Gasteiger partial charge in [-0.1, -0.05) is 0 Å². The van der Waals surface area contributed by atoms with Gasteiger partial charge in [0, 0.05) is 0 Å². The van der Waals surface area contributed by atoms with Gasteiger partial charge in [0.05, 0.1) is 0 Å². The van der Waals surface area contributed by atoms with Crippen LogP contribution >= 0.6 is 0 Å². The van der Waals surface area contributed by atoms with E-state index in [0.717, 1.165) is 0 Å². The van der Waals surface area contributed by atoms with Crippen LogP contribution in [0, 0.1) is 0 Å². The number of alkyl halides is 16. The molecule has 0 atom stereocenters. The number of rotatable bonds is 1. The topological polar surface area (TPSA) is 3.24 Å².